The molecule has 5 rings (SSSR count). The first kappa shape index (κ1) is 26.4. The lowest BCUT2D eigenvalue weighted by Crippen LogP contribution is -2.03. The van der Waals surface area contributed by atoms with Crippen molar-refractivity contribution in [3.05, 3.63) is 99.7 Å². The molecule has 10 heteroatoms. The number of aromatic nitrogens is 4. The summed E-state index contributed by atoms with van der Waals surface area (Å²) in [4.78, 5) is 12.6. The van der Waals surface area contributed by atoms with Crippen molar-refractivity contribution in [3.63, 3.8) is 0 Å². The molecule has 0 aliphatic rings. The molecule has 0 bridgehead atoms. The molecule has 0 aliphatic heterocycles. The number of methoxy groups -OCH3 is 2. The number of rotatable bonds is 7. The second-order valence-electron chi connectivity index (χ2n) is 8.01. The Hall–Kier alpha value is -3.63. The number of imidazole rings is 1. The molecular formula is C27H26Br2N6O2. The summed E-state index contributed by atoms with van der Waals surface area (Å²) in [6.07, 6.45) is 5.23. The van der Waals surface area contributed by atoms with Crippen molar-refractivity contribution in [3.8, 4) is 11.5 Å². The fourth-order valence-electron chi connectivity index (χ4n) is 3.52. The van der Waals surface area contributed by atoms with E-state index in [-0.39, 0.29) is 0 Å². The van der Waals surface area contributed by atoms with Gasteiger partial charge in [-0.3, -0.25) is 0 Å². The topological polar surface area (TPSA) is 100 Å². The standard InChI is InChI=1S/C14H12BrN3O.C13H14BrN3O/c1-19-11-4-2-10(3-5-11)8-18-9-17-12-7-16-14(15)6-13(12)18;1-18-10-4-2-9(3-5-10)7-16-12-6-13(14)17-8-11(12)15/h2-7,9H,8H2,1H3;2-6,8H,7,15H2,1H3,(H,16,17). The number of nitrogens with two attached hydrogens (primary N) is 1. The van der Waals surface area contributed by atoms with Crippen LogP contribution in [0.2, 0.25) is 0 Å². The smallest absolute Gasteiger partial charge is 0.118 e. The Morgan fingerprint density at radius 2 is 1.41 bits per heavy atom. The summed E-state index contributed by atoms with van der Waals surface area (Å²) in [5, 5.41) is 3.27. The first-order valence-corrected chi connectivity index (χ1v) is 12.9. The third-order valence-electron chi connectivity index (χ3n) is 5.53. The summed E-state index contributed by atoms with van der Waals surface area (Å²) >= 11 is 6.71. The van der Waals surface area contributed by atoms with Gasteiger partial charge < -0.3 is 25.1 Å². The van der Waals surface area contributed by atoms with Crippen LogP contribution in [-0.2, 0) is 13.1 Å². The van der Waals surface area contributed by atoms with Gasteiger partial charge in [-0.05, 0) is 79.4 Å². The number of nitrogens with one attached hydrogen (secondary N) is 1. The van der Waals surface area contributed by atoms with Crippen LogP contribution in [0.1, 0.15) is 11.1 Å². The number of halogens is 2. The van der Waals surface area contributed by atoms with Gasteiger partial charge in [0.2, 0.25) is 0 Å². The third kappa shape index (κ3) is 7.21. The Bertz CT molecular complexity index is 1460. The predicted molar refractivity (Wildman–Crippen MR) is 154 cm³/mol. The molecule has 3 aromatic heterocycles. The van der Waals surface area contributed by atoms with Gasteiger partial charge in [-0.25, -0.2) is 15.0 Å². The highest BCUT2D eigenvalue weighted by Gasteiger charge is 2.05. The molecule has 8 nitrogen and oxygen atoms in total. The molecule has 37 heavy (non-hydrogen) atoms. The average Bonchev–Trinajstić information content (AvgIpc) is 3.31. The van der Waals surface area contributed by atoms with Crippen LogP contribution in [-0.4, -0.2) is 33.7 Å². The molecule has 0 atom stereocenters. The molecule has 190 valence electrons. The lowest BCUT2D eigenvalue weighted by atomic mass is 10.2. The predicted octanol–water partition coefficient (Wildman–Crippen LogP) is 6.30. The molecular weight excluding hydrogens is 600 g/mol. The van der Waals surface area contributed by atoms with Gasteiger partial charge in [-0.2, -0.15) is 0 Å². The SMILES string of the molecule is COc1ccc(CNc2cc(Br)ncc2N)cc1.COc1ccc(Cn2cnc3cnc(Br)cc32)cc1. The van der Waals surface area contributed by atoms with Crippen LogP contribution < -0.4 is 20.5 Å². The Balaban J connectivity index is 0.000000173. The maximum Gasteiger partial charge on any atom is 0.118 e. The number of fused-ring (bicyclic) bond motifs is 1. The fraction of sp³-hybridized carbons (Fsp3) is 0.148. The van der Waals surface area contributed by atoms with E-state index in [2.05, 4.69) is 68.8 Å². The molecule has 0 aliphatic carbocycles. The molecule has 0 saturated carbocycles. The quantitative estimate of drug-likeness (QED) is 0.205. The van der Waals surface area contributed by atoms with Crippen LogP contribution >= 0.6 is 31.9 Å². The van der Waals surface area contributed by atoms with E-state index in [1.54, 1.807) is 26.6 Å². The Labute approximate surface area is 232 Å². The first-order valence-electron chi connectivity index (χ1n) is 11.3. The summed E-state index contributed by atoms with van der Waals surface area (Å²) in [6, 6.07) is 19.8. The number of ether oxygens (including phenoxy) is 2. The summed E-state index contributed by atoms with van der Waals surface area (Å²) in [6.45, 7) is 1.47. The molecule has 0 unspecified atom stereocenters. The van der Waals surface area contributed by atoms with Crippen LogP contribution in [0.15, 0.2) is 88.6 Å². The molecule has 3 heterocycles. The van der Waals surface area contributed by atoms with Gasteiger partial charge in [0.1, 0.15) is 26.2 Å². The van der Waals surface area contributed by atoms with Gasteiger partial charge in [0.05, 0.1) is 49.8 Å². The lowest BCUT2D eigenvalue weighted by molar-refractivity contribution is 0.414. The summed E-state index contributed by atoms with van der Waals surface area (Å²) < 4.78 is 13.9. The number of anilines is 2. The highest BCUT2D eigenvalue weighted by molar-refractivity contribution is 9.10. The van der Waals surface area contributed by atoms with Crippen LogP contribution in [0.25, 0.3) is 11.0 Å². The number of benzene rings is 2. The van der Waals surface area contributed by atoms with Crippen molar-refractivity contribution in [1.82, 2.24) is 19.5 Å². The molecule has 0 saturated heterocycles. The van der Waals surface area contributed by atoms with E-state index in [9.17, 15) is 0 Å². The van der Waals surface area contributed by atoms with E-state index in [4.69, 9.17) is 15.2 Å². The summed E-state index contributed by atoms with van der Waals surface area (Å²) in [7, 11) is 3.32. The second-order valence-corrected chi connectivity index (χ2v) is 9.64. The highest BCUT2D eigenvalue weighted by atomic mass is 79.9. The first-order chi connectivity index (χ1) is 17.9. The van der Waals surface area contributed by atoms with Crippen LogP contribution in [0.4, 0.5) is 11.4 Å². The zero-order chi connectivity index (χ0) is 26.2. The van der Waals surface area contributed by atoms with E-state index in [1.165, 1.54) is 5.56 Å². The summed E-state index contributed by atoms with van der Waals surface area (Å²) in [5.74, 6) is 1.72. The maximum atomic E-state index is 5.83. The van der Waals surface area contributed by atoms with Gasteiger partial charge in [-0.1, -0.05) is 24.3 Å². The zero-order valence-corrected chi connectivity index (χ0v) is 23.5. The molecule has 0 radical (unpaired) electrons. The average molecular weight is 626 g/mol. The van der Waals surface area contributed by atoms with Gasteiger partial charge >= 0.3 is 0 Å². The van der Waals surface area contributed by atoms with E-state index in [0.717, 1.165) is 49.5 Å². The normalized spacial score (nSPS) is 10.5. The molecule has 3 N–H and O–H groups in total. The minimum atomic E-state index is 0.631. The fourth-order valence-corrected chi connectivity index (χ4v) is 4.17. The van der Waals surface area contributed by atoms with Crippen LogP contribution in [0, 0.1) is 0 Å². The maximum absolute atomic E-state index is 5.83. The van der Waals surface area contributed by atoms with Crippen molar-refractivity contribution in [2.75, 3.05) is 25.3 Å². The lowest BCUT2D eigenvalue weighted by Gasteiger charge is -2.09. The van der Waals surface area contributed by atoms with Gasteiger partial charge in [0, 0.05) is 13.1 Å². The van der Waals surface area contributed by atoms with E-state index >= 15 is 0 Å². The van der Waals surface area contributed by atoms with Crippen molar-refractivity contribution in [2.45, 2.75) is 13.1 Å². The molecule has 5 aromatic rings. The molecule has 2 aromatic carbocycles. The minimum Gasteiger partial charge on any atom is -0.497 e. The largest absolute Gasteiger partial charge is 0.497 e. The third-order valence-corrected chi connectivity index (χ3v) is 6.40. The van der Waals surface area contributed by atoms with Gasteiger partial charge in [0.15, 0.2) is 0 Å². The van der Waals surface area contributed by atoms with Crippen molar-refractivity contribution in [1.29, 1.82) is 0 Å². The van der Waals surface area contributed by atoms with Crippen LogP contribution in [0.3, 0.4) is 0 Å². The monoisotopic (exact) mass is 624 g/mol. The molecule has 0 amide bonds. The van der Waals surface area contributed by atoms with Gasteiger partial charge in [-0.15, -0.1) is 0 Å². The number of hydrogen-bond donors (Lipinski definition) is 2. The molecule has 0 fully saturated rings. The number of pyridine rings is 2. The van der Waals surface area contributed by atoms with E-state index in [1.807, 2.05) is 54.9 Å². The Morgan fingerprint density at radius 1 is 0.811 bits per heavy atom. The number of nitrogens with zero attached hydrogens (tertiary/aromatic N) is 4. The number of hydrogen-bond acceptors (Lipinski definition) is 7. The zero-order valence-electron chi connectivity index (χ0n) is 20.4. The van der Waals surface area contributed by atoms with E-state index in [0.29, 0.717) is 12.2 Å². The number of nitrogen functional groups attached to an aromatic ring is 1. The van der Waals surface area contributed by atoms with Gasteiger partial charge in [0.25, 0.3) is 0 Å². The second kappa shape index (κ2) is 12.6. The van der Waals surface area contributed by atoms with Crippen molar-refractivity contribution >= 4 is 54.3 Å². The summed E-state index contributed by atoms with van der Waals surface area (Å²) in [5.41, 5.74) is 11.7. The Morgan fingerprint density at radius 3 is 2.05 bits per heavy atom. The van der Waals surface area contributed by atoms with E-state index < -0.39 is 0 Å². The molecule has 0 spiro atoms. The minimum absolute atomic E-state index is 0.631. The highest BCUT2D eigenvalue weighted by Crippen LogP contribution is 2.22. The Kier molecular flexibility index (Phi) is 8.97. The van der Waals surface area contributed by atoms with Crippen LogP contribution in [0.5, 0.6) is 11.5 Å². The van der Waals surface area contributed by atoms with Crippen molar-refractivity contribution in [2.24, 2.45) is 0 Å². The van der Waals surface area contributed by atoms with Crippen molar-refractivity contribution < 1.29 is 9.47 Å².